The fraction of sp³-hybridized carbons (Fsp3) is 0.235. The van der Waals surface area contributed by atoms with Gasteiger partial charge in [-0.1, -0.05) is 34.6 Å². The molecule has 0 bridgehead atoms. The number of alkyl halides is 2. The van der Waals surface area contributed by atoms with Crippen LogP contribution in [0.15, 0.2) is 39.4 Å². The maximum Gasteiger partial charge on any atom is 0.360 e. The molecule has 0 unspecified atom stereocenters. The van der Waals surface area contributed by atoms with Crippen molar-refractivity contribution in [2.45, 2.75) is 19.8 Å². The van der Waals surface area contributed by atoms with Crippen molar-refractivity contribution in [2.75, 3.05) is 6.61 Å². The van der Waals surface area contributed by atoms with Crippen molar-refractivity contribution in [3.63, 3.8) is 0 Å². The molecule has 2 aromatic heterocycles. The molecule has 0 atom stereocenters. The standard InChI is InChI=1S/C17H13F2N3O5/c1-3-25-15(24)11-8-12(26-21-11)13(23)9-4-6-10(7-5-9)14-20-16(27-22-14)17(2,18)19/h4-8H,3H2,1-2H3. The molecule has 0 aliphatic rings. The molecule has 0 fully saturated rings. The number of halogens is 2. The highest BCUT2D eigenvalue weighted by molar-refractivity contribution is 6.08. The molecule has 0 saturated heterocycles. The number of aromatic nitrogens is 3. The minimum Gasteiger partial charge on any atom is -0.461 e. The number of benzene rings is 1. The minimum atomic E-state index is -3.25. The van der Waals surface area contributed by atoms with E-state index in [9.17, 15) is 18.4 Å². The highest BCUT2D eigenvalue weighted by Gasteiger charge is 2.32. The highest BCUT2D eigenvalue weighted by atomic mass is 19.3. The van der Waals surface area contributed by atoms with Gasteiger partial charge in [-0.2, -0.15) is 13.8 Å². The molecule has 0 N–H and O–H groups in total. The van der Waals surface area contributed by atoms with E-state index in [1.807, 2.05) is 0 Å². The quantitative estimate of drug-likeness (QED) is 0.476. The smallest absolute Gasteiger partial charge is 0.360 e. The lowest BCUT2D eigenvalue weighted by molar-refractivity contribution is -0.0158. The van der Waals surface area contributed by atoms with E-state index in [2.05, 4.69) is 19.8 Å². The number of carbonyl (C=O) groups excluding carboxylic acids is 2. The fourth-order valence-electron chi connectivity index (χ4n) is 2.12. The molecule has 0 aliphatic heterocycles. The van der Waals surface area contributed by atoms with E-state index in [0.717, 1.165) is 0 Å². The van der Waals surface area contributed by atoms with Crippen molar-refractivity contribution in [3.8, 4) is 11.4 Å². The summed E-state index contributed by atoms with van der Waals surface area (Å²) in [5, 5.41) is 6.99. The number of rotatable bonds is 6. The van der Waals surface area contributed by atoms with Gasteiger partial charge in [-0.15, -0.1) is 0 Å². The van der Waals surface area contributed by atoms with Gasteiger partial charge in [0.15, 0.2) is 5.69 Å². The summed E-state index contributed by atoms with van der Waals surface area (Å²) in [5.74, 6) is -5.43. The SMILES string of the molecule is CCOC(=O)c1cc(C(=O)c2ccc(-c3noc(C(C)(F)F)n3)cc2)on1. The predicted molar refractivity (Wildman–Crippen MR) is 85.2 cm³/mol. The molecule has 0 radical (unpaired) electrons. The molecule has 8 nitrogen and oxygen atoms in total. The molecule has 0 saturated carbocycles. The number of carbonyl (C=O) groups is 2. The second-order valence-electron chi connectivity index (χ2n) is 5.51. The van der Waals surface area contributed by atoms with Crippen molar-refractivity contribution in [1.82, 2.24) is 15.3 Å². The Kier molecular flexibility index (Phi) is 4.80. The van der Waals surface area contributed by atoms with Gasteiger partial charge in [0.05, 0.1) is 6.61 Å². The number of ether oxygens (including phenoxy) is 1. The van der Waals surface area contributed by atoms with Crippen LogP contribution in [0.4, 0.5) is 8.78 Å². The monoisotopic (exact) mass is 377 g/mol. The molecule has 10 heteroatoms. The number of hydrogen-bond acceptors (Lipinski definition) is 8. The van der Waals surface area contributed by atoms with Crippen LogP contribution in [0.5, 0.6) is 0 Å². The molecular formula is C17H13F2N3O5. The van der Waals surface area contributed by atoms with Crippen LogP contribution in [0.2, 0.25) is 0 Å². The molecule has 3 aromatic rings. The predicted octanol–water partition coefficient (Wildman–Crippen LogP) is 3.24. The Labute approximate surface area is 151 Å². The third-order valence-corrected chi connectivity index (χ3v) is 3.43. The molecule has 3 rings (SSSR count). The summed E-state index contributed by atoms with van der Waals surface area (Å²) in [6, 6.07) is 6.99. The lowest BCUT2D eigenvalue weighted by Gasteiger charge is -2.01. The second kappa shape index (κ2) is 7.06. The first kappa shape index (κ1) is 18.4. The average Bonchev–Trinajstić information content (AvgIpc) is 3.31. The Morgan fingerprint density at radius 1 is 1.15 bits per heavy atom. The lowest BCUT2D eigenvalue weighted by atomic mass is 10.1. The van der Waals surface area contributed by atoms with Crippen molar-refractivity contribution in [3.05, 3.63) is 53.2 Å². The van der Waals surface area contributed by atoms with Crippen molar-refractivity contribution in [2.24, 2.45) is 0 Å². The van der Waals surface area contributed by atoms with Crippen LogP contribution in [0.1, 0.15) is 46.3 Å². The summed E-state index contributed by atoms with van der Waals surface area (Å²) in [6.07, 6.45) is 0. The number of ketones is 1. The van der Waals surface area contributed by atoms with Crippen LogP contribution in [0.3, 0.4) is 0 Å². The Bertz CT molecular complexity index is 973. The Balaban J connectivity index is 1.78. The highest BCUT2D eigenvalue weighted by Crippen LogP contribution is 2.27. The Morgan fingerprint density at radius 2 is 1.85 bits per heavy atom. The van der Waals surface area contributed by atoms with Crippen LogP contribution >= 0.6 is 0 Å². The molecule has 0 amide bonds. The van der Waals surface area contributed by atoms with Crippen LogP contribution in [-0.4, -0.2) is 33.7 Å². The molecular weight excluding hydrogens is 364 g/mol. The zero-order chi connectivity index (χ0) is 19.6. The van der Waals surface area contributed by atoms with E-state index < -0.39 is 23.6 Å². The van der Waals surface area contributed by atoms with E-state index in [4.69, 9.17) is 9.26 Å². The first-order chi connectivity index (χ1) is 12.8. The summed E-state index contributed by atoms with van der Waals surface area (Å²) in [7, 11) is 0. The van der Waals surface area contributed by atoms with Gasteiger partial charge in [0.25, 0.3) is 5.89 Å². The topological polar surface area (TPSA) is 108 Å². The van der Waals surface area contributed by atoms with Gasteiger partial charge in [-0.3, -0.25) is 4.79 Å². The largest absolute Gasteiger partial charge is 0.461 e. The zero-order valence-corrected chi connectivity index (χ0v) is 14.2. The third kappa shape index (κ3) is 3.89. The van der Waals surface area contributed by atoms with E-state index in [1.165, 1.54) is 30.3 Å². The normalized spacial score (nSPS) is 11.4. The number of hydrogen-bond donors (Lipinski definition) is 0. The molecule has 140 valence electrons. The van der Waals surface area contributed by atoms with Gasteiger partial charge in [-0.25, -0.2) is 4.79 Å². The maximum atomic E-state index is 13.2. The summed E-state index contributed by atoms with van der Waals surface area (Å²) >= 11 is 0. The van der Waals surface area contributed by atoms with Gasteiger partial charge < -0.3 is 13.8 Å². The van der Waals surface area contributed by atoms with Gasteiger partial charge in [0.1, 0.15) is 0 Å². The van der Waals surface area contributed by atoms with Gasteiger partial charge in [0.2, 0.25) is 17.4 Å². The first-order valence-electron chi connectivity index (χ1n) is 7.80. The number of esters is 1. The fourth-order valence-corrected chi connectivity index (χ4v) is 2.12. The minimum absolute atomic E-state index is 0.0326. The van der Waals surface area contributed by atoms with E-state index >= 15 is 0 Å². The number of nitrogens with zero attached hydrogens (tertiary/aromatic N) is 3. The average molecular weight is 377 g/mol. The van der Waals surface area contributed by atoms with Gasteiger partial charge in [0, 0.05) is 24.1 Å². The summed E-state index contributed by atoms with van der Waals surface area (Å²) < 4.78 is 40.5. The Morgan fingerprint density at radius 3 is 2.44 bits per heavy atom. The van der Waals surface area contributed by atoms with Gasteiger partial charge >= 0.3 is 11.9 Å². The van der Waals surface area contributed by atoms with Crippen LogP contribution in [0, 0.1) is 0 Å². The lowest BCUT2D eigenvalue weighted by Crippen LogP contribution is -2.07. The molecule has 0 spiro atoms. The first-order valence-corrected chi connectivity index (χ1v) is 7.80. The summed E-state index contributed by atoms with van der Waals surface area (Å²) in [5.41, 5.74) is 0.502. The van der Waals surface area contributed by atoms with E-state index in [0.29, 0.717) is 12.5 Å². The Hall–Kier alpha value is -3.43. The molecule has 2 heterocycles. The zero-order valence-electron chi connectivity index (χ0n) is 14.2. The summed E-state index contributed by atoms with van der Waals surface area (Å²) in [6.45, 7) is 2.45. The van der Waals surface area contributed by atoms with E-state index in [-0.39, 0.29) is 29.4 Å². The summed E-state index contributed by atoms with van der Waals surface area (Å²) in [4.78, 5) is 27.6. The molecule has 27 heavy (non-hydrogen) atoms. The third-order valence-electron chi connectivity index (χ3n) is 3.43. The van der Waals surface area contributed by atoms with E-state index in [1.54, 1.807) is 6.92 Å². The second-order valence-corrected chi connectivity index (χ2v) is 5.51. The molecule has 0 aliphatic carbocycles. The van der Waals surface area contributed by atoms with Crippen molar-refractivity contribution >= 4 is 11.8 Å². The van der Waals surface area contributed by atoms with Crippen molar-refractivity contribution < 1.29 is 32.2 Å². The van der Waals surface area contributed by atoms with Crippen molar-refractivity contribution in [1.29, 1.82) is 0 Å². The van der Waals surface area contributed by atoms with Gasteiger partial charge in [-0.05, 0) is 6.92 Å². The van der Waals surface area contributed by atoms with Crippen LogP contribution in [0.25, 0.3) is 11.4 Å². The maximum absolute atomic E-state index is 13.2. The van der Waals surface area contributed by atoms with Crippen LogP contribution < -0.4 is 0 Å². The molecule has 1 aromatic carbocycles. The van der Waals surface area contributed by atoms with Crippen LogP contribution in [-0.2, 0) is 10.7 Å².